The van der Waals surface area contributed by atoms with Gasteiger partial charge >= 0.3 is 0 Å². The third-order valence-corrected chi connectivity index (χ3v) is 5.78. The van der Waals surface area contributed by atoms with Crippen molar-refractivity contribution in [1.29, 1.82) is 0 Å². The highest BCUT2D eigenvalue weighted by Crippen LogP contribution is 2.36. The Kier molecular flexibility index (Phi) is 4.60. The summed E-state index contributed by atoms with van der Waals surface area (Å²) in [5, 5.41) is 6.06. The number of amides is 1. The molecule has 2 aliphatic rings. The lowest BCUT2D eigenvalue weighted by molar-refractivity contribution is 0.0930. The predicted octanol–water partition coefficient (Wildman–Crippen LogP) is 2.93. The molecule has 1 aliphatic carbocycles. The molecule has 1 aliphatic heterocycles. The quantitative estimate of drug-likeness (QED) is 0.860. The van der Waals surface area contributed by atoms with E-state index in [0.29, 0.717) is 37.8 Å². The summed E-state index contributed by atoms with van der Waals surface area (Å²) in [5.74, 6) is -0.0661. The molecule has 7 heteroatoms. The third kappa shape index (κ3) is 3.77. The minimum absolute atomic E-state index is 0.0188. The van der Waals surface area contributed by atoms with E-state index in [1.165, 1.54) is 0 Å². The Labute approximate surface area is 150 Å². The molecule has 25 heavy (non-hydrogen) atoms. The summed E-state index contributed by atoms with van der Waals surface area (Å²) in [6.07, 6.45) is 3.88. The van der Waals surface area contributed by atoms with Crippen molar-refractivity contribution in [1.82, 2.24) is 19.8 Å². The second-order valence-electron chi connectivity index (χ2n) is 7.02. The highest BCUT2D eigenvalue weighted by atomic mass is 32.1. The van der Waals surface area contributed by atoms with Gasteiger partial charge in [0.15, 0.2) is 0 Å². The van der Waals surface area contributed by atoms with Crippen LogP contribution in [0.15, 0.2) is 23.7 Å². The van der Waals surface area contributed by atoms with Crippen LogP contribution in [0.2, 0.25) is 0 Å². The van der Waals surface area contributed by atoms with Gasteiger partial charge in [-0.3, -0.25) is 9.69 Å². The highest BCUT2D eigenvalue weighted by molar-refractivity contribution is 7.09. The SMILES string of the molecule is Cc1nc(CN2C[C@@H](F)C[C@H]2CNC(=O)c2cccn2C2CC2)cs1. The fourth-order valence-corrected chi connectivity index (χ4v) is 4.18. The van der Waals surface area contributed by atoms with Crippen LogP contribution in [0.5, 0.6) is 0 Å². The first-order valence-corrected chi connectivity index (χ1v) is 9.72. The average Bonchev–Trinajstić information content (AvgIpc) is 3.00. The van der Waals surface area contributed by atoms with E-state index in [4.69, 9.17) is 0 Å². The number of hydrogen-bond acceptors (Lipinski definition) is 4. The Balaban J connectivity index is 1.37. The molecule has 0 bridgehead atoms. The zero-order valence-corrected chi connectivity index (χ0v) is 15.1. The maximum absolute atomic E-state index is 13.9. The van der Waals surface area contributed by atoms with Crippen molar-refractivity contribution in [3.8, 4) is 0 Å². The van der Waals surface area contributed by atoms with Gasteiger partial charge in [-0.1, -0.05) is 0 Å². The summed E-state index contributed by atoms with van der Waals surface area (Å²) in [6.45, 7) is 3.50. The lowest BCUT2D eigenvalue weighted by Crippen LogP contribution is -2.40. The third-order valence-electron chi connectivity index (χ3n) is 4.96. The minimum Gasteiger partial charge on any atom is -0.349 e. The summed E-state index contributed by atoms with van der Waals surface area (Å²) < 4.78 is 16.0. The van der Waals surface area contributed by atoms with Gasteiger partial charge in [-0.2, -0.15) is 0 Å². The molecule has 2 fully saturated rings. The van der Waals surface area contributed by atoms with Crippen LogP contribution in [0.4, 0.5) is 4.39 Å². The Morgan fingerprint density at radius 2 is 2.32 bits per heavy atom. The van der Waals surface area contributed by atoms with E-state index >= 15 is 0 Å². The van der Waals surface area contributed by atoms with Gasteiger partial charge in [-0.05, 0) is 38.3 Å². The number of likely N-dealkylation sites (tertiary alicyclic amines) is 1. The van der Waals surface area contributed by atoms with Crippen LogP contribution in [-0.2, 0) is 6.54 Å². The summed E-state index contributed by atoms with van der Waals surface area (Å²) in [7, 11) is 0. The first kappa shape index (κ1) is 16.7. The topological polar surface area (TPSA) is 50.2 Å². The number of aromatic nitrogens is 2. The number of carbonyl (C=O) groups excluding carboxylic acids is 1. The minimum atomic E-state index is -0.836. The van der Waals surface area contributed by atoms with Gasteiger partial charge in [0.1, 0.15) is 11.9 Å². The van der Waals surface area contributed by atoms with Crippen LogP contribution in [0.3, 0.4) is 0 Å². The van der Waals surface area contributed by atoms with Gasteiger partial charge < -0.3 is 9.88 Å². The molecule has 1 N–H and O–H groups in total. The molecule has 0 spiro atoms. The molecule has 1 saturated carbocycles. The van der Waals surface area contributed by atoms with Gasteiger partial charge in [-0.15, -0.1) is 11.3 Å². The van der Waals surface area contributed by atoms with Gasteiger partial charge in [-0.25, -0.2) is 9.37 Å². The van der Waals surface area contributed by atoms with E-state index in [9.17, 15) is 9.18 Å². The van der Waals surface area contributed by atoms with Gasteiger partial charge in [0.2, 0.25) is 0 Å². The molecule has 2 aromatic rings. The van der Waals surface area contributed by atoms with E-state index in [1.807, 2.05) is 30.6 Å². The Bertz CT molecular complexity index is 754. The average molecular weight is 362 g/mol. The zero-order chi connectivity index (χ0) is 17.4. The molecule has 4 rings (SSSR count). The van der Waals surface area contributed by atoms with E-state index in [1.54, 1.807) is 11.3 Å². The monoisotopic (exact) mass is 362 g/mol. The molecule has 134 valence electrons. The first-order valence-electron chi connectivity index (χ1n) is 8.84. The van der Waals surface area contributed by atoms with Gasteiger partial charge in [0, 0.05) is 43.3 Å². The van der Waals surface area contributed by atoms with E-state index < -0.39 is 6.17 Å². The normalized spacial score (nSPS) is 23.9. The number of halogens is 1. The van der Waals surface area contributed by atoms with E-state index in [0.717, 1.165) is 23.5 Å². The molecule has 2 aromatic heterocycles. The number of nitrogens with zero attached hydrogens (tertiary/aromatic N) is 3. The Morgan fingerprint density at radius 1 is 1.48 bits per heavy atom. The van der Waals surface area contributed by atoms with Gasteiger partial charge in [0.05, 0.1) is 10.7 Å². The molecular formula is C18H23FN4OS. The lowest BCUT2D eigenvalue weighted by atomic mass is 10.2. The summed E-state index contributed by atoms with van der Waals surface area (Å²) >= 11 is 1.61. The van der Waals surface area contributed by atoms with E-state index in [-0.39, 0.29) is 11.9 Å². The van der Waals surface area contributed by atoms with E-state index in [2.05, 4.69) is 19.8 Å². The molecule has 2 atom stereocenters. The largest absolute Gasteiger partial charge is 0.349 e. The van der Waals surface area contributed by atoms with Crippen molar-refractivity contribution in [2.45, 2.75) is 51.0 Å². The fourth-order valence-electron chi connectivity index (χ4n) is 3.58. The molecule has 5 nitrogen and oxygen atoms in total. The number of thiazole rings is 1. The number of nitrogens with one attached hydrogen (secondary N) is 1. The van der Waals surface area contributed by atoms with Crippen LogP contribution in [-0.4, -0.2) is 45.7 Å². The Hall–Kier alpha value is -1.73. The maximum Gasteiger partial charge on any atom is 0.267 e. The standard InChI is InChI=1S/C18H23FN4OS/c1-12-21-14(11-25-12)10-22-9-13(19)7-16(22)8-20-18(24)17-3-2-6-23(17)15-4-5-15/h2-3,6,11,13,15-16H,4-5,7-10H2,1H3,(H,20,24)/t13-,16-/m0/s1. The number of rotatable bonds is 6. The zero-order valence-electron chi connectivity index (χ0n) is 14.3. The van der Waals surface area contributed by atoms with Crippen molar-refractivity contribution in [3.05, 3.63) is 40.1 Å². The second-order valence-corrected chi connectivity index (χ2v) is 8.08. The van der Waals surface area contributed by atoms with Crippen LogP contribution in [0.1, 0.15) is 46.5 Å². The molecule has 1 saturated heterocycles. The summed E-state index contributed by atoms with van der Waals surface area (Å²) in [4.78, 5) is 19.1. The number of alkyl halides is 1. The summed E-state index contributed by atoms with van der Waals surface area (Å²) in [6, 6.07) is 4.26. The van der Waals surface area contributed by atoms with Crippen LogP contribution < -0.4 is 5.32 Å². The summed E-state index contributed by atoms with van der Waals surface area (Å²) in [5.41, 5.74) is 1.69. The van der Waals surface area contributed by atoms with Crippen LogP contribution in [0, 0.1) is 6.92 Å². The lowest BCUT2D eigenvalue weighted by Gasteiger charge is -2.23. The van der Waals surface area contributed by atoms with Crippen molar-refractivity contribution in [2.24, 2.45) is 0 Å². The molecule has 1 amide bonds. The molecule has 0 radical (unpaired) electrons. The van der Waals surface area contributed by atoms with Crippen LogP contribution >= 0.6 is 11.3 Å². The smallest absolute Gasteiger partial charge is 0.267 e. The number of carbonyl (C=O) groups is 1. The fraction of sp³-hybridized carbons (Fsp3) is 0.556. The first-order chi connectivity index (χ1) is 12.1. The molecular weight excluding hydrogens is 339 g/mol. The maximum atomic E-state index is 13.9. The van der Waals surface area contributed by atoms with Crippen molar-refractivity contribution >= 4 is 17.2 Å². The van der Waals surface area contributed by atoms with Crippen LogP contribution in [0.25, 0.3) is 0 Å². The number of aryl methyl sites for hydroxylation is 1. The van der Waals surface area contributed by atoms with Crippen molar-refractivity contribution in [3.63, 3.8) is 0 Å². The number of hydrogen-bond donors (Lipinski definition) is 1. The van der Waals surface area contributed by atoms with Gasteiger partial charge in [0.25, 0.3) is 5.91 Å². The highest BCUT2D eigenvalue weighted by Gasteiger charge is 2.33. The molecule has 3 heterocycles. The van der Waals surface area contributed by atoms with Crippen molar-refractivity contribution in [2.75, 3.05) is 13.1 Å². The predicted molar refractivity (Wildman–Crippen MR) is 95.6 cm³/mol. The van der Waals surface area contributed by atoms with Crippen molar-refractivity contribution < 1.29 is 9.18 Å². The molecule has 0 unspecified atom stereocenters. The molecule has 0 aromatic carbocycles. The Morgan fingerprint density at radius 3 is 3.04 bits per heavy atom. The second kappa shape index (κ2) is 6.88.